The number of piperidine rings is 1. The minimum atomic E-state index is -1.19. The van der Waals surface area contributed by atoms with Gasteiger partial charge in [-0.1, -0.05) is 12.6 Å². The summed E-state index contributed by atoms with van der Waals surface area (Å²) in [5.41, 5.74) is 7.33. The van der Waals surface area contributed by atoms with Crippen LogP contribution in [0.3, 0.4) is 0 Å². The summed E-state index contributed by atoms with van der Waals surface area (Å²) >= 11 is 0. The van der Waals surface area contributed by atoms with Gasteiger partial charge in [-0.2, -0.15) is 0 Å². The molecule has 3 aromatic rings. The Hall–Kier alpha value is -5.42. The van der Waals surface area contributed by atoms with Crippen LogP contribution in [-0.4, -0.2) is 128 Å². The van der Waals surface area contributed by atoms with Gasteiger partial charge in [0, 0.05) is 64.9 Å². The minimum Gasteiger partial charge on any atom is -0.479 e. The number of ether oxygens (including phenoxy) is 3. The maximum atomic E-state index is 13.4. The topological polar surface area (TPSA) is 215 Å². The van der Waals surface area contributed by atoms with E-state index in [0.717, 1.165) is 12.8 Å². The Morgan fingerprint density at radius 2 is 1.90 bits per heavy atom. The van der Waals surface area contributed by atoms with Gasteiger partial charge >= 0.3 is 18.1 Å². The summed E-state index contributed by atoms with van der Waals surface area (Å²) in [6.45, 7) is 6.43. The molecule has 0 bridgehead atoms. The first kappa shape index (κ1) is 36.9. The molecular formula is C34H44N8O9. The number of aliphatic hydroxyl groups is 1. The number of nitrogens with zero attached hydrogens (tertiary/aromatic N) is 6. The molecule has 2 fully saturated rings. The number of anilines is 2. The van der Waals surface area contributed by atoms with E-state index in [-0.39, 0.29) is 68.0 Å². The number of aromatic nitrogens is 3. The minimum absolute atomic E-state index is 0.0292. The molecule has 3 amide bonds. The number of hydrogen-bond acceptors (Lipinski definition) is 12. The molecule has 2 aliphatic heterocycles. The number of aliphatic hydroxyl groups excluding tert-OH is 1. The number of benzene rings is 1. The number of amides is 3. The number of fused-ring (bicyclic) bond motifs is 1. The highest BCUT2D eigenvalue weighted by atomic mass is 16.7. The molecule has 0 spiro atoms. The first-order valence-corrected chi connectivity index (χ1v) is 16.6. The van der Waals surface area contributed by atoms with Gasteiger partial charge in [0.2, 0.25) is 12.2 Å². The second-order valence-corrected chi connectivity index (χ2v) is 12.8. The third-order valence-electron chi connectivity index (χ3n) is 9.01. The predicted molar refractivity (Wildman–Crippen MR) is 185 cm³/mol. The van der Waals surface area contributed by atoms with E-state index >= 15 is 0 Å². The average molecular weight is 709 g/mol. The summed E-state index contributed by atoms with van der Waals surface area (Å²) in [5, 5.41) is 23.3. The van der Waals surface area contributed by atoms with Gasteiger partial charge in [0.05, 0.1) is 17.2 Å². The molecule has 17 heteroatoms. The number of carboxylic acid groups (broad SMARTS) is 1. The maximum Gasteiger partial charge on any atom is 0.409 e. The van der Waals surface area contributed by atoms with E-state index in [1.807, 2.05) is 6.92 Å². The normalized spacial score (nSPS) is 21.8. The van der Waals surface area contributed by atoms with Gasteiger partial charge in [0.15, 0.2) is 11.8 Å². The smallest absolute Gasteiger partial charge is 0.409 e. The van der Waals surface area contributed by atoms with E-state index in [0.29, 0.717) is 29.0 Å². The quantitative estimate of drug-likeness (QED) is 0.167. The fraction of sp³-hybridized carbons (Fsp3) is 0.471. The first-order valence-electron chi connectivity index (χ1n) is 16.6. The van der Waals surface area contributed by atoms with E-state index in [4.69, 9.17) is 19.9 Å². The molecule has 0 aliphatic carbocycles. The summed E-state index contributed by atoms with van der Waals surface area (Å²) < 4.78 is 17.9. The molecule has 5 unspecified atom stereocenters. The lowest BCUT2D eigenvalue weighted by molar-refractivity contribution is -0.195. The van der Waals surface area contributed by atoms with Gasteiger partial charge in [-0.25, -0.2) is 24.4 Å². The second kappa shape index (κ2) is 16.1. The number of nitrogen functional groups attached to an aromatic ring is 1. The van der Waals surface area contributed by atoms with E-state index in [2.05, 4.69) is 21.9 Å². The Balaban J connectivity index is 1.11. The first-order chi connectivity index (χ1) is 24.3. The van der Waals surface area contributed by atoms with Crippen LogP contribution in [0.1, 0.15) is 38.2 Å². The van der Waals surface area contributed by atoms with E-state index < -0.39 is 30.6 Å². The molecule has 5 rings (SSSR count). The number of carbonyl (C=O) groups excluding carboxylic acids is 3. The molecule has 17 nitrogen and oxygen atoms in total. The Morgan fingerprint density at radius 3 is 2.63 bits per heavy atom. The van der Waals surface area contributed by atoms with Crippen molar-refractivity contribution in [3.05, 3.63) is 55.0 Å². The lowest BCUT2D eigenvalue weighted by atomic mass is 9.99. The average Bonchev–Trinajstić information content (AvgIpc) is 3.55. The Kier molecular flexibility index (Phi) is 11.6. The van der Waals surface area contributed by atoms with Crippen molar-refractivity contribution in [3.8, 4) is 5.75 Å². The van der Waals surface area contributed by atoms with Gasteiger partial charge in [-0.05, 0) is 49.6 Å². The number of aliphatic carboxylic acids is 1. The standard InChI is InChI=1S/C34H44N8O9/c1-5-28(44)42-17-22(8-6-20(42)2)38-30-24-10-11-41(31(24)37-19-36-30)33(47)39(3)12-13-40(4)34(48)49-18-21-7-9-26(25(35)14-21)50-29-16-23(43)15-27(51-29)32(45)46/h5,7,9-11,14,19-20,22-23,27,29,43H,1,6,8,12-13,15-18,35H2,2-4H3,(H,45,46)(H,36,37,38). The highest BCUT2D eigenvalue weighted by molar-refractivity contribution is 5.94. The van der Waals surface area contributed by atoms with E-state index in [1.54, 1.807) is 49.5 Å². The number of likely N-dealkylation sites (N-methyl/N-ethyl adjacent to an activating group) is 2. The zero-order chi connectivity index (χ0) is 36.8. The number of rotatable bonds is 11. The van der Waals surface area contributed by atoms with Crippen LogP contribution >= 0.6 is 0 Å². The van der Waals surface area contributed by atoms with Crippen molar-refractivity contribution in [1.29, 1.82) is 0 Å². The van der Waals surface area contributed by atoms with E-state index in [1.165, 1.54) is 26.8 Å². The van der Waals surface area contributed by atoms with Gasteiger partial charge in [0.1, 0.15) is 24.5 Å². The van der Waals surface area contributed by atoms with Crippen LogP contribution in [0.2, 0.25) is 0 Å². The summed E-state index contributed by atoms with van der Waals surface area (Å²) in [6.07, 6.45) is 2.39. The van der Waals surface area contributed by atoms with Crippen LogP contribution in [-0.2, 0) is 25.7 Å². The van der Waals surface area contributed by atoms with Crippen molar-refractivity contribution >= 4 is 46.5 Å². The zero-order valence-corrected chi connectivity index (χ0v) is 28.8. The van der Waals surface area contributed by atoms with Crippen LogP contribution in [0.25, 0.3) is 11.0 Å². The lowest BCUT2D eigenvalue weighted by Crippen LogP contribution is -2.49. The Labute approximate surface area is 294 Å². The van der Waals surface area contributed by atoms with Crippen molar-refractivity contribution < 1.29 is 43.6 Å². The van der Waals surface area contributed by atoms with Gasteiger partial charge < -0.3 is 50.2 Å². The summed E-state index contributed by atoms with van der Waals surface area (Å²) in [5.74, 6) is -0.501. The molecule has 2 aromatic heterocycles. The van der Waals surface area contributed by atoms with Crippen LogP contribution in [0.4, 0.5) is 21.1 Å². The fourth-order valence-electron chi connectivity index (χ4n) is 6.02. The molecule has 5 atom stereocenters. The lowest BCUT2D eigenvalue weighted by Gasteiger charge is -2.38. The van der Waals surface area contributed by atoms with Crippen molar-refractivity contribution in [1.82, 2.24) is 29.2 Å². The van der Waals surface area contributed by atoms with Gasteiger partial charge in [-0.15, -0.1) is 0 Å². The molecular weight excluding hydrogens is 664 g/mol. The molecule has 4 heterocycles. The Morgan fingerprint density at radius 1 is 1.14 bits per heavy atom. The SMILES string of the molecule is C=CC(=O)N1CC(Nc2ncnc3c2ccn3C(=O)N(C)CCN(C)C(=O)OCc2ccc(OC3CC(O)CC(C(=O)O)O3)c(N)c2)CCC1C. The van der Waals surface area contributed by atoms with Crippen LogP contribution in [0, 0.1) is 0 Å². The summed E-state index contributed by atoms with van der Waals surface area (Å²) in [6, 6.07) is 6.24. The van der Waals surface area contributed by atoms with Crippen LogP contribution < -0.4 is 15.8 Å². The van der Waals surface area contributed by atoms with Crippen LogP contribution in [0.5, 0.6) is 5.75 Å². The number of nitrogens with two attached hydrogens (primary N) is 1. The molecule has 274 valence electrons. The molecule has 51 heavy (non-hydrogen) atoms. The van der Waals surface area contributed by atoms with E-state index in [9.17, 15) is 29.4 Å². The Bertz CT molecular complexity index is 1770. The van der Waals surface area contributed by atoms with Crippen molar-refractivity contribution in [3.63, 3.8) is 0 Å². The third-order valence-corrected chi connectivity index (χ3v) is 9.01. The number of hydrogen-bond donors (Lipinski definition) is 4. The molecule has 0 radical (unpaired) electrons. The third kappa shape index (κ3) is 8.85. The molecule has 1 aromatic carbocycles. The molecule has 0 saturated carbocycles. The zero-order valence-electron chi connectivity index (χ0n) is 28.8. The summed E-state index contributed by atoms with van der Waals surface area (Å²) in [4.78, 5) is 63.1. The maximum absolute atomic E-state index is 13.4. The van der Waals surface area contributed by atoms with Crippen LogP contribution in [0.15, 0.2) is 49.4 Å². The monoisotopic (exact) mass is 708 g/mol. The largest absolute Gasteiger partial charge is 0.479 e. The van der Waals surface area contributed by atoms with Crippen molar-refractivity contribution in [2.75, 3.05) is 44.8 Å². The van der Waals surface area contributed by atoms with Crippen molar-refractivity contribution in [2.24, 2.45) is 0 Å². The highest BCUT2D eigenvalue weighted by Gasteiger charge is 2.34. The predicted octanol–water partition coefficient (Wildman–Crippen LogP) is 2.49. The molecule has 2 saturated heterocycles. The summed E-state index contributed by atoms with van der Waals surface area (Å²) in [7, 11) is 3.18. The second-order valence-electron chi connectivity index (χ2n) is 12.8. The number of likely N-dealkylation sites (tertiary alicyclic amines) is 1. The van der Waals surface area contributed by atoms with Gasteiger partial charge in [0.25, 0.3) is 0 Å². The highest BCUT2D eigenvalue weighted by Crippen LogP contribution is 2.29. The number of carboxylic acids is 1. The fourth-order valence-corrected chi connectivity index (χ4v) is 6.02. The van der Waals surface area contributed by atoms with Gasteiger partial charge in [-0.3, -0.25) is 9.36 Å². The number of nitrogens with one attached hydrogen (secondary N) is 1. The number of carbonyl (C=O) groups is 4. The molecule has 5 N–H and O–H groups in total. The molecule has 2 aliphatic rings. The van der Waals surface area contributed by atoms with Crippen molar-refractivity contribution in [2.45, 2.75) is 69.8 Å².